The van der Waals surface area contributed by atoms with Gasteiger partial charge in [-0.3, -0.25) is 9.13 Å². The van der Waals surface area contributed by atoms with Gasteiger partial charge in [0.2, 0.25) is 11.9 Å². The summed E-state index contributed by atoms with van der Waals surface area (Å²) in [7, 11) is 0. The van der Waals surface area contributed by atoms with Crippen molar-refractivity contribution in [3.8, 4) is 114 Å². The van der Waals surface area contributed by atoms with Crippen molar-refractivity contribution < 1.29 is 0 Å². The molecule has 0 fully saturated rings. The Kier molecular flexibility index (Phi) is 16.4. The number of aromatic nitrogens is 12. The molecule has 28 aromatic rings. The molecule has 9 heterocycles. The van der Waals surface area contributed by atoms with Crippen molar-refractivity contribution in [3.05, 3.63) is 437 Å². The standard InChI is InChI=1S/C120H72N12S/c1-6-31-73(32-7-1)74-57-59-77(60-58-74)117-121-115(75-33-8-2-9-34-75)123-119(125-117)131-102-53-26-19-46-88(102)97-71-92(109-90-48-21-28-55-104(90)129(113(109)111(97)131)81-39-12-4-13-40-81)78-37-30-38-80(67-78)118-122-116(76-35-10-3-11-36-76)124-120(126-118)132-103-54-27-20-47-89(103)98-72-93(110-91-49-22-29-56-105(91)130(114(110)112(98)132)82-41-14-5-15-42-82)79-61-64-106-94(68-79)87-45-18-25-52-101(87)128(106)84-63-66-108-96(70-84)95-69-83(62-65-107(95)133-108)127-99-50-23-16-43-85(99)86-44-17-24-51-100(86)127/h1-72H. The highest BCUT2D eigenvalue weighted by Gasteiger charge is 2.31. The number of para-hydroxylation sites is 9. The zero-order valence-electron chi connectivity index (χ0n) is 71.3. The Morgan fingerprint density at radius 1 is 0.158 bits per heavy atom. The fraction of sp³-hybridized carbons (Fsp3) is 0. The number of thiophene rings is 1. The summed E-state index contributed by atoms with van der Waals surface area (Å²) in [6.07, 6.45) is 0. The van der Waals surface area contributed by atoms with Gasteiger partial charge in [-0.05, 0) is 167 Å². The summed E-state index contributed by atoms with van der Waals surface area (Å²) < 4.78 is 16.9. The van der Waals surface area contributed by atoms with Crippen molar-refractivity contribution in [2.24, 2.45) is 0 Å². The van der Waals surface area contributed by atoms with Gasteiger partial charge in [0, 0.05) is 130 Å². The van der Waals surface area contributed by atoms with Gasteiger partial charge in [0.25, 0.3) is 0 Å². The first kappa shape index (κ1) is 74.3. The maximum atomic E-state index is 5.87. The van der Waals surface area contributed by atoms with E-state index in [1.165, 1.54) is 47.4 Å². The molecule has 618 valence electrons. The average molecular weight is 1710 g/mol. The van der Waals surface area contributed by atoms with E-state index in [-0.39, 0.29) is 0 Å². The molecule has 133 heavy (non-hydrogen) atoms. The second kappa shape index (κ2) is 29.4. The Hall–Kier alpha value is -17.8. The third-order valence-corrected chi connectivity index (χ3v) is 28.2. The van der Waals surface area contributed by atoms with Gasteiger partial charge in [-0.2, -0.15) is 19.9 Å². The van der Waals surface area contributed by atoms with Gasteiger partial charge in [0.1, 0.15) is 0 Å². The topological polar surface area (TPSA) is 107 Å². The highest BCUT2D eigenvalue weighted by atomic mass is 32.1. The monoisotopic (exact) mass is 1710 g/mol. The zero-order valence-corrected chi connectivity index (χ0v) is 72.2. The van der Waals surface area contributed by atoms with Crippen LogP contribution in [0, 0.1) is 0 Å². The average Bonchev–Trinajstić information content (AvgIpc) is 1.53. The van der Waals surface area contributed by atoms with Gasteiger partial charge in [-0.25, -0.2) is 9.97 Å². The molecule has 0 unspecified atom stereocenters. The molecule has 0 aliphatic heterocycles. The Morgan fingerprint density at radius 2 is 0.459 bits per heavy atom. The first-order valence-corrected chi connectivity index (χ1v) is 45.8. The Balaban J connectivity index is 0.643. The quantitative estimate of drug-likeness (QED) is 0.114. The molecule has 0 radical (unpaired) electrons. The lowest BCUT2D eigenvalue weighted by atomic mass is 9.95. The fourth-order valence-electron chi connectivity index (χ4n) is 21.3. The molecule has 0 N–H and O–H groups in total. The molecule has 13 heteroatoms. The highest BCUT2D eigenvalue weighted by Crippen LogP contribution is 2.52. The third kappa shape index (κ3) is 11.5. The lowest BCUT2D eigenvalue weighted by molar-refractivity contribution is 0.953. The molecule has 0 spiro atoms. The maximum absolute atomic E-state index is 5.87. The molecule has 9 aromatic heterocycles. The van der Waals surface area contributed by atoms with Crippen molar-refractivity contribution in [3.63, 3.8) is 0 Å². The second-order valence-corrected chi connectivity index (χ2v) is 35.5. The molecule has 0 saturated carbocycles. The van der Waals surface area contributed by atoms with E-state index in [9.17, 15) is 0 Å². The molecule has 0 aliphatic rings. The third-order valence-electron chi connectivity index (χ3n) is 27.1. The molecular weight excluding hydrogens is 1640 g/mol. The number of nitrogens with zero attached hydrogens (tertiary/aromatic N) is 12. The smallest absolute Gasteiger partial charge is 0.238 e. The maximum Gasteiger partial charge on any atom is 0.238 e. The predicted molar refractivity (Wildman–Crippen MR) is 550 cm³/mol. The highest BCUT2D eigenvalue weighted by molar-refractivity contribution is 7.25. The molecule has 0 bridgehead atoms. The first-order chi connectivity index (χ1) is 66.0. The van der Waals surface area contributed by atoms with Crippen LogP contribution in [0.1, 0.15) is 0 Å². The van der Waals surface area contributed by atoms with Crippen LogP contribution < -0.4 is 0 Å². The SMILES string of the molecule is c1ccc(-c2ccc(-c3nc(-c4ccccc4)nc(-n4c5ccccc5c5cc(-c6cccc(-c7nc(-c8ccccc8)nc(-n8c9ccccc9c9cc(-c%10ccc%11c(c%10)c%10ccccc%10n%11-c%10ccc%11sc%12ccc(-n%13c%14ccccc%14c%14ccccc%14%13)cc%12c%11c%10)c%10c%11ccccc%11n(-c%11ccccc%11)c%10c98)n7)c6)c6c7ccccc7n(-c7ccccc7)c6c54)n3)cc2)cc1. The van der Waals surface area contributed by atoms with E-state index in [1.54, 1.807) is 0 Å². The summed E-state index contributed by atoms with van der Waals surface area (Å²) in [4.78, 5) is 33.6. The van der Waals surface area contributed by atoms with E-state index in [4.69, 9.17) is 29.9 Å². The number of hydrogen-bond acceptors (Lipinski definition) is 7. The number of benzene rings is 19. The molecule has 28 rings (SSSR count). The van der Waals surface area contributed by atoms with Crippen LogP contribution in [0.2, 0.25) is 0 Å². The summed E-state index contributed by atoms with van der Waals surface area (Å²) in [6.45, 7) is 0. The lowest BCUT2D eigenvalue weighted by Gasteiger charge is -2.15. The van der Waals surface area contributed by atoms with Crippen LogP contribution in [-0.2, 0) is 0 Å². The van der Waals surface area contributed by atoms with Crippen LogP contribution in [0.3, 0.4) is 0 Å². The van der Waals surface area contributed by atoms with Crippen LogP contribution in [-0.4, -0.2) is 57.3 Å². The van der Waals surface area contributed by atoms with Crippen LogP contribution >= 0.6 is 11.3 Å². The minimum atomic E-state index is 0.481. The predicted octanol–water partition coefficient (Wildman–Crippen LogP) is 30.7. The largest absolute Gasteiger partial charge is 0.309 e. The normalized spacial score (nSPS) is 12.1. The lowest BCUT2D eigenvalue weighted by Crippen LogP contribution is -2.07. The molecule has 0 saturated heterocycles. The van der Waals surface area contributed by atoms with Gasteiger partial charge in [-0.1, -0.05) is 303 Å². The Labute approximate surface area is 764 Å². The van der Waals surface area contributed by atoms with Gasteiger partial charge in [0.05, 0.1) is 66.2 Å². The molecule has 12 nitrogen and oxygen atoms in total. The number of fused-ring (bicyclic) bond motifs is 23. The summed E-state index contributed by atoms with van der Waals surface area (Å²) in [5.74, 6) is 3.16. The molecule has 0 aliphatic carbocycles. The van der Waals surface area contributed by atoms with Crippen molar-refractivity contribution >= 4 is 162 Å². The van der Waals surface area contributed by atoms with Gasteiger partial charge in [-0.15, -0.1) is 11.3 Å². The van der Waals surface area contributed by atoms with Gasteiger partial charge >= 0.3 is 0 Å². The van der Waals surface area contributed by atoms with E-state index in [2.05, 4.69) is 434 Å². The van der Waals surface area contributed by atoms with Gasteiger partial charge in [0.15, 0.2) is 23.3 Å². The Morgan fingerprint density at radius 3 is 0.895 bits per heavy atom. The molecule has 0 atom stereocenters. The molecule has 19 aromatic carbocycles. The summed E-state index contributed by atoms with van der Waals surface area (Å²) >= 11 is 1.85. The number of rotatable bonds is 13. The Bertz CT molecular complexity index is 9650. The van der Waals surface area contributed by atoms with Crippen LogP contribution in [0.25, 0.3) is 265 Å². The van der Waals surface area contributed by atoms with Crippen molar-refractivity contribution in [2.75, 3.05) is 0 Å². The van der Waals surface area contributed by atoms with E-state index < -0.39 is 0 Å². The fourth-order valence-corrected chi connectivity index (χ4v) is 22.4. The van der Waals surface area contributed by atoms with Gasteiger partial charge < -0.3 is 18.3 Å². The van der Waals surface area contributed by atoms with E-state index in [0.717, 1.165) is 182 Å². The number of hydrogen-bond donors (Lipinski definition) is 0. The van der Waals surface area contributed by atoms with E-state index in [1.807, 2.05) is 41.7 Å². The minimum absolute atomic E-state index is 0.481. The van der Waals surface area contributed by atoms with Crippen molar-refractivity contribution in [1.82, 2.24) is 57.3 Å². The summed E-state index contributed by atoms with van der Waals surface area (Å²) in [6, 6.07) is 158. The first-order valence-electron chi connectivity index (χ1n) is 45.0. The van der Waals surface area contributed by atoms with E-state index >= 15 is 0 Å². The van der Waals surface area contributed by atoms with E-state index in [0.29, 0.717) is 35.2 Å². The van der Waals surface area contributed by atoms with Crippen LogP contribution in [0.15, 0.2) is 437 Å². The second-order valence-electron chi connectivity index (χ2n) is 34.4. The zero-order chi connectivity index (χ0) is 87.0. The van der Waals surface area contributed by atoms with Crippen LogP contribution in [0.5, 0.6) is 0 Å². The van der Waals surface area contributed by atoms with Crippen LogP contribution in [0.4, 0.5) is 0 Å². The van der Waals surface area contributed by atoms with Crippen molar-refractivity contribution in [2.45, 2.75) is 0 Å². The molecule has 0 amide bonds. The molecular formula is C120H72N12S. The summed E-state index contributed by atoms with van der Waals surface area (Å²) in [5, 5.41) is 15.9. The minimum Gasteiger partial charge on any atom is -0.309 e. The summed E-state index contributed by atoms with van der Waals surface area (Å²) in [5.41, 5.74) is 26.8. The van der Waals surface area contributed by atoms with Crippen molar-refractivity contribution in [1.29, 1.82) is 0 Å².